The van der Waals surface area contributed by atoms with Crippen molar-refractivity contribution >= 4 is 23.6 Å². The van der Waals surface area contributed by atoms with Gasteiger partial charge in [-0.05, 0) is 71.3 Å². The highest BCUT2D eigenvalue weighted by Crippen LogP contribution is 2.50. The summed E-state index contributed by atoms with van der Waals surface area (Å²) in [7, 11) is 1.93. The lowest BCUT2D eigenvalue weighted by molar-refractivity contribution is -0.136. The summed E-state index contributed by atoms with van der Waals surface area (Å²) in [5, 5.41) is 14.2. The van der Waals surface area contributed by atoms with Crippen LogP contribution in [0.2, 0.25) is 0 Å². The molecule has 0 bridgehead atoms. The minimum absolute atomic E-state index is 0.00599. The summed E-state index contributed by atoms with van der Waals surface area (Å²) < 4.78 is 4.12. The Morgan fingerprint density at radius 3 is 2.34 bits per heavy atom. The van der Waals surface area contributed by atoms with Gasteiger partial charge in [-0.25, -0.2) is 0 Å². The molecule has 3 aromatic carbocycles. The zero-order valence-electron chi connectivity index (χ0n) is 20.7. The molecule has 1 aliphatic rings. The van der Waals surface area contributed by atoms with E-state index in [1.807, 2.05) is 24.1 Å². The summed E-state index contributed by atoms with van der Waals surface area (Å²) in [6.45, 7) is 7.06. The minimum Gasteiger partial charge on any atom is -0.481 e. The monoisotopic (exact) mass is 483 g/mol. The average Bonchev–Trinajstić information content (AvgIpc) is 3.28. The van der Waals surface area contributed by atoms with Gasteiger partial charge in [0.1, 0.15) is 0 Å². The molecule has 0 saturated carbocycles. The molecule has 0 aliphatic carbocycles. The topological polar surface area (TPSA) is 58.4 Å². The number of anilines is 1. The number of fused-ring (bicyclic) bond motifs is 3. The summed E-state index contributed by atoms with van der Waals surface area (Å²) in [6.07, 6.45) is 6.00. The van der Waals surface area contributed by atoms with Gasteiger partial charge in [0.25, 0.3) is 0 Å². The number of carbonyl (C=O) groups is 1. The van der Waals surface area contributed by atoms with Crippen LogP contribution in [0.25, 0.3) is 33.4 Å². The van der Waals surface area contributed by atoms with E-state index in [1.165, 1.54) is 22.3 Å². The second-order valence-corrected chi connectivity index (χ2v) is 10.1. The van der Waals surface area contributed by atoms with Crippen molar-refractivity contribution in [3.05, 3.63) is 82.7 Å². The zero-order valence-corrected chi connectivity index (χ0v) is 21.5. The van der Waals surface area contributed by atoms with Crippen LogP contribution in [0.15, 0.2) is 54.9 Å². The van der Waals surface area contributed by atoms with Crippen molar-refractivity contribution in [2.75, 3.05) is 10.6 Å². The predicted octanol–water partition coefficient (Wildman–Crippen LogP) is 6.57. The highest BCUT2D eigenvalue weighted by atomic mass is 32.2. The Morgan fingerprint density at radius 2 is 1.71 bits per heavy atom. The average molecular weight is 484 g/mol. The first-order valence-electron chi connectivity index (χ1n) is 11.7. The first kappa shape index (κ1) is 23.2. The summed E-state index contributed by atoms with van der Waals surface area (Å²) in [6, 6.07) is 15.1. The van der Waals surface area contributed by atoms with Crippen LogP contribution in [-0.2, 0) is 24.8 Å². The van der Waals surface area contributed by atoms with Gasteiger partial charge in [0, 0.05) is 30.6 Å². The molecule has 0 saturated heterocycles. The molecule has 0 amide bonds. The van der Waals surface area contributed by atoms with Gasteiger partial charge in [-0.2, -0.15) is 5.10 Å². The fourth-order valence-corrected chi connectivity index (χ4v) is 5.94. The predicted molar refractivity (Wildman–Crippen MR) is 145 cm³/mol. The van der Waals surface area contributed by atoms with E-state index in [9.17, 15) is 9.90 Å². The third kappa shape index (κ3) is 4.02. The van der Waals surface area contributed by atoms with Crippen molar-refractivity contribution in [2.24, 2.45) is 7.05 Å². The van der Waals surface area contributed by atoms with Crippen LogP contribution in [-0.4, -0.2) is 27.1 Å². The first-order valence-corrected chi connectivity index (χ1v) is 12.9. The van der Waals surface area contributed by atoms with Crippen LogP contribution in [0.3, 0.4) is 0 Å². The molecule has 1 N–H and O–H groups in total. The van der Waals surface area contributed by atoms with Crippen molar-refractivity contribution < 1.29 is 9.90 Å². The second-order valence-electron chi connectivity index (χ2n) is 9.26. The summed E-state index contributed by atoms with van der Waals surface area (Å²) in [4.78, 5) is 12.0. The van der Waals surface area contributed by atoms with Crippen LogP contribution in [0, 0.1) is 20.8 Å². The summed E-state index contributed by atoms with van der Waals surface area (Å²) in [5.74, 6) is -0.813. The van der Waals surface area contributed by atoms with Crippen LogP contribution >= 0.6 is 11.9 Å². The Morgan fingerprint density at radius 1 is 1.00 bits per heavy atom. The number of carboxylic acid groups (broad SMARTS) is 1. The van der Waals surface area contributed by atoms with Crippen molar-refractivity contribution in [2.45, 2.75) is 33.7 Å². The molecule has 0 atom stereocenters. The SMILES string of the molecule is CSN1Cc2ccc(-c3cnn(C)c3)cc2-c2c(C)c(-c3ccc(C)cc3)c(CC(=O)O)c(C)c21. The number of rotatable bonds is 5. The highest BCUT2D eigenvalue weighted by molar-refractivity contribution is 7.99. The van der Waals surface area contributed by atoms with E-state index in [2.05, 4.69) is 78.9 Å². The third-order valence-electron chi connectivity index (χ3n) is 6.97. The van der Waals surface area contributed by atoms with E-state index in [-0.39, 0.29) is 6.42 Å². The van der Waals surface area contributed by atoms with Crippen LogP contribution in [0.5, 0.6) is 0 Å². The van der Waals surface area contributed by atoms with Gasteiger partial charge in [0.15, 0.2) is 0 Å². The maximum Gasteiger partial charge on any atom is 0.307 e. The van der Waals surface area contributed by atoms with E-state index in [1.54, 1.807) is 11.9 Å². The Labute approximate surface area is 210 Å². The number of hydrogen-bond acceptors (Lipinski definition) is 4. The van der Waals surface area contributed by atoms with Crippen LogP contribution in [0.1, 0.15) is 27.8 Å². The molecular weight excluding hydrogens is 454 g/mol. The summed E-state index contributed by atoms with van der Waals surface area (Å²) >= 11 is 1.68. The minimum atomic E-state index is -0.813. The number of hydrogen-bond donors (Lipinski definition) is 1. The highest BCUT2D eigenvalue weighted by Gasteiger charge is 2.30. The lowest BCUT2D eigenvalue weighted by atomic mass is 9.80. The van der Waals surface area contributed by atoms with Crippen molar-refractivity contribution in [1.29, 1.82) is 0 Å². The van der Waals surface area contributed by atoms with Gasteiger partial charge in [-0.15, -0.1) is 0 Å². The fourth-order valence-electron chi connectivity index (χ4n) is 5.26. The largest absolute Gasteiger partial charge is 0.481 e. The number of benzene rings is 3. The van der Waals surface area contributed by atoms with Crippen LogP contribution < -0.4 is 4.31 Å². The number of aromatic nitrogens is 2. The number of nitrogens with zero attached hydrogens (tertiary/aromatic N) is 3. The first-order chi connectivity index (χ1) is 16.8. The van der Waals surface area contributed by atoms with E-state index in [4.69, 9.17) is 0 Å². The molecule has 1 aliphatic heterocycles. The molecule has 35 heavy (non-hydrogen) atoms. The van der Waals surface area contributed by atoms with Crippen molar-refractivity contribution in [3.8, 4) is 33.4 Å². The molecule has 0 radical (unpaired) electrons. The fraction of sp³-hybridized carbons (Fsp3) is 0.241. The third-order valence-corrected chi connectivity index (χ3v) is 7.72. The summed E-state index contributed by atoms with van der Waals surface area (Å²) in [5.41, 5.74) is 13.3. The Hall–Kier alpha value is -3.51. The standard InChI is InChI=1S/C29H29N3O2S/c1-17-6-8-20(9-7-17)27-19(3)28-25-12-21(23-14-30-31(4)15-23)10-11-22(25)16-32(35-5)29(28)18(2)24(27)13-26(33)34/h6-12,14-15H,13,16H2,1-5H3,(H,33,34). The number of aryl methyl sites for hydroxylation is 2. The van der Waals surface area contributed by atoms with Crippen molar-refractivity contribution in [3.63, 3.8) is 0 Å². The van der Waals surface area contributed by atoms with Gasteiger partial charge in [-0.1, -0.05) is 53.9 Å². The molecule has 178 valence electrons. The van der Waals surface area contributed by atoms with E-state index in [0.717, 1.165) is 51.2 Å². The molecule has 4 aromatic rings. The smallest absolute Gasteiger partial charge is 0.307 e. The molecule has 0 unspecified atom stereocenters. The molecule has 5 rings (SSSR count). The van der Waals surface area contributed by atoms with Gasteiger partial charge in [-0.3, -0.25) is 9.48 Å². The van der Waals surface area contributed by atoms with Gasteiger partial charge in [0.2, 0.25) is 0 Å². The Kier molecular flexibility index (Phi) is 5.93. The van der Waals surface area contributed by atoms with Gasteiger partial charge >= 0.3 is 5.97 Å². The van der Waals surface area contributed by atoms with Gasteiger partial charge < -0.3 is 9.41 Å². The quantitative estimate of drug-likeness (QED) is 0.325. The van der Waals surface area contributed by atoms with E-state index < -0.39 is 5.97 Å². The molecule has 5 nitrogen and oxygen atoms in total. The Balaban J connectivity index is 1.83. The maximum atomic E-state index is 12.0. The molecule has 0 spiro atoms. The normalized spacial score (nSPS) is 12.4. The molecule has 1 aromatic heterocycles. The molecule has 0 fully saturated rings. The number of carboxylic acids is 1. The molecular formula is C29H29N3O2S. The number of aliphatic carboxylic acids is 1. The lowest BCUT2D eigenvalue weighted by Crippen LogP contribution is -2.22. The maximum absolute atomic E-state index is 12.0. The Bertz CT molecular complexity index is 1450. The van der Waals surface area contributed by atoms with E-state index >= 15 is 0 Å². The molecule has 6 heteroatoms. The lowest BCUT2D eigenvalue weighted by Gasteiger charge is -2.36. The second kappa shape index (κ2) is 8.93. The zero-order chi connectivity index (χ0) is 24.9. The molecule has 2 heterocycles. The van der Waals surface area contributed by atoms with Gasteiger partial charge in [0.05, 0.1) is 24.8 Å². The van der Waals surface area contributed by atoms with Crippen molar-refractivity contribution in [1.82, 2.24) is 9.78 Å². The van der Waals surface area contributed by atoms with Crippen LogP contribution in [0.4, 0.5) is 5.69 Å². The van der Waals surface area contributed by atoms with E-state index in [0.29, 0.717) is 0 Å².